The summed E-state index contributed by atoms with van der Waals surface area (Å²) < 4.78 is 1.74. The molecule has 0 unspecified atom stereocenters. The van der Waals surface area contributed by atoms with Gasteiger partial charge in [-0.05, 0) is 19.1 Å². The molecule has 0 fully saturated rings. The molecule has 18 heavy (non-hydrogen) atoms. The molecule has 2 aromatic rings. The zero-order chi connectivity index (χ0) is 13.1. The molecule has 0 bridgehead atoms. The molecule has 0 saturated heterocycles. The molecular formula is C11H12ClN5O. The number of nitrogens with one attached hydrogen (secondary N) is 1. The van der Waals surface area contributed by atoms with E-state index in [-0.39, 0.29) is 5.91 Å². The average molecular weight is 266 g/mol. The normalized spacial score (nSPS) is 10.4. The summed E-state index contributed by atoms with van der Waals surface area (Å²) in [5.41, 5.74) is 1.18. The van der Waals surface area contributed by atoms with Crippen molar-refractivity contribution in [2.24, 2.45) is 7.05 Å². The SMILES string of the molecule is Cc1cc(C(=O)NCc2nncn2C)cc(Cl)n1. The molecule has 1 amide bonds. The second-order valence-corrected chi connectivity index (χ2v) is 4.25. The van der Waals surface area contributed by atoms with E-state index in [2.05, 4.69) is 20.5 Å². The summed E-state index contributed by atoms with van der Waals surface area (Å²) in [6.45, 7) is 2.10. The van der Waals surface area contributed by atoms with Crippen LogP contribution in [0.2, 0.25) is 5.15 Å². The fourth-order valence-corrected chi connectivity index (χ4v) is 1.74. The minimum absolute atomic E-state index is 0.217. The first-order chi connectivity index (χ1) is 8.56. The molecule has 94 valence electrons. The van der Waals surface area contributed by atoms with E-state index in [9.17, 15) is 4.79 Å². The summed E-state index contributed by atoms with van der Waals surface area (Å²) in [6, 6.07) is 3.21. The lowest BCUT2D eigenvalue weighted by Gasteiger charge is -2.05. The fourth-order valence-electron chi connectivity index (χ4n) is 1.49. The lowest BCUT2D eigenvalue weighted by atomic mass is 10.2. The molecule has 1 N–H and O–H groups in total. The Balaban J connectivity index is 2.06. The van der Waals surface area contributed by atoms with Gasteiger partial charge in [0.05, 0.1) is 6.54 Å². The van der Waals surface area contributed by atoms with E-state index in [0.29, 0.717) is 28.8 Å². The van der Waals surface area contributed by atoms with Crippen molar-refractivity contribution < 1.29 is 4.79 Å². The van der Waals surface area contributed by atoms with E-state index in [1.165, 1.54) is 6.07 Å². The van der Waals surface area contributed by atoms with Crippen LogP contribution in [-0.2, 0) is 13.6 Å². The molecule has 0 aliphatic rings. The highest BCUT2D eigenvalue weighted by molar-refractivity contribution is 6.29. The Morgan fingerprint density at radius 3 is 2.89 bits per heavy atom. The Morgan fingerprint density at radius 2 is 2.28 bits per heavy atom. The van der Waals surface area contributed by atoms with Gasteiger partial charge in [-0.3, -0.25) is 4.79 Å². The Kier molecular flexibility index (Phi) is 3.57. The number of carbonyl (C=O) groups is 1. The summed E-state index contributed by atoms with van der Waals surface area (Å²) in [4.78, 5) is 15.9. The third kappa shape index (κ3) is 2.84. The second-order valence-electron chi connectivity index (χ2n) is 3.86. The van der Waals surface area contributed by atoms with Crippen molar-refractivity contribution in [1.82, 2.24) is 25.1 Å². The van der Waals surface area contributed by atoms with Crippen molar-refractivity contribution >= 4 is 17.5 Å². The third-order valence-corrected chi connectivity index (χ3v) is 2.59. The summed E-state index contributed by atoms with van der Waals surface area (Å²) in [7, 11) is 1.81. The largest absolute Gasteiger partial charge is 0.345 e. The average Bonchev–Trinajstić information content (AvgIpc) is 2.70. The summed E-state index contributed by atoms with van der Waals surface area (Å²) >= 11 is 5.80. The van der Waals surface area contributed by atoms with E-state index >= 15 is 0 Å². The molecule has 0 aliphatic carbocycles. The van der Waals surface area contributed by atoms with Gasteiger partial charge in [0.15, 0.2) is 5.82 Å². The third-order valence-electron chi connectivity index (χ3n) is 2.40. The van der Waals surface area contributed by atoms with Crippen LogP contribution in [0.25, 0.3) is 0 Å². The maximum atomic E-state index is 11.9. The van der Waals surface area contributed by atoms with Gasteiger partial charge in [-0.15, -0.1) is 10.2 Å². The van der Waals surface area contributed by atoms with Gasteiger partial charge < -0.3 is 9.88 Å². The predicted octanol–water partition coefficient (Wildman–Crippen LogP) is 1.10. The molecule has 2 heterocycles. The summed E-state index contributed by atoms with van der Waals surface area (Å²) in [5.74, 6) is 0.464. The molecule has 2 aromatic heterocycles. The smallest absolute Gasteiger partial charge is 0.251 e. The quantitative estimate of drug-likeness (QED) is 0.844. The Labute approximate surface area is 109 Å². The topological polar surface area (TPSA) is 72.7 Å². The molecule has 0 atom stereocenters. The first-order valence-electron chi connectivity index (χ1n) is 5.31. The van der Waals surface area contributed by atoms with Crippen LogP contribution in [-0.4, -0.2) is 25.7 Å². The van der Waals surface area contributed by atoms with Gasteiger partial charge >= 0.3 is 0 Å². The molecular weight excluding hydrogens is 254 g/mol. The van der Waals surface area contributed by atoms with Crippen molar-refractivity contribution in [2.75, 3.05) is 0 Å². The van der Waals surface area contributed by atoms with Crippen molar-refractivity contribution in [2.45, 2.75) is 13.5 Å². The lowest BCUT2D eigenvalue weighted by molar-refractivity contribution is 0.0949. The van der Waals surface area contributed by atoms with Gasteiger partial charge in [0, 0.05) is 18.3 Å². The molecule has 7 heteroatoms. The minimum atomic E-state index is -0.217. The van der Waals surface area contributed by atoms with Crippen molar-refractivity contribution in [3.05, 3.63) is 40.7 Å². The van der Waals surface area contributed by atoms with Gasteiger partial charge in [-0.25, -0.2) is 4.98 Å². The van der Waals surface area contributed by atoms with Crippen LogP contribution < -0.4 is 5.32 Å². The van der Waals surface area contributed by atoms with Crippen LogP contribution in [0.5, 0.6) is 0 Å². The summed E-state index contributed by atoms with van der Waals surface area (Å²) in [5, 5.41) is 10.7. The zero-order valence-electron chi connectivity index (χ0n) is 10.0. The Hall–Kier alpha value is -1.95. The van der Waals surface area contributed by atoms with Gasteiger partial charge in [-0.1, -0.05) is 11.6 Å². The Morgan fingerprint density at radius 1 is 1.50 bits per heavy atom. The van der Waals surface area contributed by atoms with Gasteiger partial charge in [0.25, 0.3) is 5.91 Å². The first kappa shape index (κ1) is 12.5. The van der Waals surface area contributed by atoms with Gasteiger partial charge in [0.2, 0.25) is 0 Å². The molecule has 0 radical (unpaired) electrons. The number of carbonyl (C=O) groups excluding carboxylic acids is 1. The maximum Gasteiger partial charge on any atom is 0.251 e. The van der Waals surface area contributed by atoms with Crippen LogP contribution in [0.4, 0.5) is 0 Å². The molecule has 0 spiro atoms. The number of pyridine rings is 1. The van der Waals surface area contributed by atoms with Crippen LogP contribution in [0, 0.1) is 6.92 Å². The van der Waals surface area contributed by atoms with E-state index in [1.54, 1.807) is 23.9 Å². The number of rotatable bonds is 3. The number of nitrogens with zero attached hydrogens (tertiary/aromatic N) is 4. The molecule has 2 rings (SSSR count). The number of amides is 1. The first-order valence-corrected chi connectivity index (χ1v) is 5.69. The van der Waals surface area contributed by atoms with Crippen LogP contribution in [0.15, 0.2) is 18.5 Å². The van der Waals surface area contributed by atoms with Crippen LogP contribution >= 0.6 is 11.6 Å². The van der Waals surface area contributed by atoms with Crippen molar-refractivity contribution in [3.63, 3.8) is 0 Å². The highest BCUT2D eigenvalue weighted by Crippen LogP contribution is 2.10. The maximum absolute atomic E-state index is 11.9. The number of aromatic nitrogens is 4. The van der Waals surface area contributed by atoms with E-state index < -0.39 is 0 Å². The second kappa shape index (κ2) is 5.14. The molecule has 6 nitrogen and oxygen atoms in total. The summed E-state index contributed by atoms with van der Waals surface area (Å²) in [6.07, 6.45) is 1.58. The van der Waals surface area contributed by atoms with Crippen molar-refractivity contribution in [3.8, 4) is 0 Å². The molecule has 0 saturated carbocycles. The lowest BCUT2D eigenvalue weighted by Crippen LogP contribution is -2.24. The number of halogens is 1. The van der Waals surface area contributed by atoms with Crippen LogP contribution in [0.3, 0.4) is 0 Å². The monoisotopic (exact) mass is 265 g/mol. The zero-order valence-corrected chi connectivity index (χ0v) is 10.8. The van der Waals surface area contributed by atoms with Crippen molar-refractivity contribution in [1.29, 1.82) is 0 Å². The van der Waals surface area contributed by atoms with Gasteiger partial charge in [0.1, 0.15) is 11.5 Å². The molecule has 0 aromatic carbocycles. The number of hydrogen-bond donors (Lipinski definition) is 1. The molecule has 0 aliphatic heterocycles. The van der Waals surface area contributed by atoms with Gasteiger partial charge in [-0.2, -0.15) is 0 Å². The van der Waals surface area contributed by atoms with E-state index in [4.69, 9.17) is 11.6 Å². The number of hydrogen-bond acceptors (Lipinski definition) is 4. The fraction of sp³-hybridized carbons (Fsp3) is 0.273. The van der Waals surface area contributed by atoms with E-state index in [0.717, 1.165) is 0 Å². The highest BCUT2D eigenvalue weighted by atomic mass is 35.5. The van der Waals surface area contributed by atoms with Crippen LogP contribution in [0.1, 0.15) is 21.9 Å². The number of aryl methyl sites for hydroxylation is 2. The standard InChI is InChI=1S/C11H12ClN5O/c1-7-3-8(4-9(12)15-7)11(18)13-5-10-16-14-6-17(10)2/h3-4,6H,5H2,1-2H3,(H,13,18). The highest BCUT2D eigenvalue weighted by Gasteiger charge is 2.09. The Bertz CT molecular complexity index is 560. The minimum Gasteiger partial charge on any atom is -0.345 e. The van der Waals surface area contributed by atoms with E-state index in [1.807, 2.05) is 7.05 Å². The predicted molar refractivity (Wildman–Crippen MR) is 66.2 cm³/mol.